The largest absolute Gasteiger partial charge is 0.395 e. The number of carbonyl (C=O) groups excluding carboxylic acids is 2. The van der Waals surface area contributed by atoms with Crippen molar-refractivity contribution in [2.45, 2.75) is 49.4 Å². The van der Waals surface area contributed by atoms with Gasteiger partial charge in [0.25, 0.3) is 5.91 Å². The first-order chi connectivity index (χ1) is 16.4. The van der Waals surface area contributed by atoms with E-state index in [-0.39, 0.29) is 43.0 Å². The molecule has 189 valence electrons. The minimum Gasteiger partial charge on any atom is -0.366 e. The fraction of sp³-hybridized carbons (Fsp3) is 0.500. The predicted octanol–water partition coefficient (Wildman–Crippen LogP) is 4.05. The smallest absolute Gasteiger partial charge is 0.366 e. The van der Waals surface area contributed by atoms with Crippen molar-refractivity contribution in [3.63, 3.8) is 0 Å². The number of rotatable bonds is 11. The van der Waals surface area contributed by atoms with Gasteiger partial charge in [-0.3, -0.25) is 9.59 Å². The maximum absolute atomic E-state index is 14.1. The molecule has 1 heterocycles. The van der Waals surface area contributed by atoms with Gasteiger partial charge >= 0.3 is 6.18 Å². The van der Waals surface area contributed by atoms with Crippen molar-refractivity contribution in [1.82, 2.24) is 10.2 Å². The third-order valence-electron chi connectivity index (χ3n) is 6.75. The van der Waals surface area contributed by atoms with Crippen molar-refractivity contribution >= 4 is 33.4 Å². The first-order valence-electron chi connectivity index (χ1n) is 11.2. The van der Waals surface area contributed by atoms with Crippen LogP contribution in [-0.2, 0) is 11.2 Å². The molecule has 1 saturated carbocycles. The number of thiophene rings is 1. The molecule has 2 aromatic rings. The summed E-state index contributed by atoms with van der Waals surface area (Å²) < 4.78 is 55.6. The summed E-state index contributed by atoms with van der Waals surface area (Å²) >= 11 is 1.32. The quantitative estimate of drug-likeness (QED) is 0.343. The van der Waals surface area contributed by atoms with E-state index in [9.17, 15) is 27.2 Å². The topological polar surface area (TPSA) is 75.4 Å². The number of benzene rings is 1. The Morgan fingerprint density at radius 1 is 1.26 bits per heavy atom. The summed E-state index contributed by atoms with van der Waals surface area (Å²) in [6, 6.07) is 5.62. The van der Waals surface area contributed by atoms with Crippen LogP contribution < -0.4 is 11.1 Å². The van der Waals surface area contributed by atoms with E-state index in [4.69, 9.17) is 5.73 Å². The second kappa shape index (κ2) is 10.8. The fourth-order valence-corrected chi connectivity index (χ4v) is 5.87. The van der Waals surface area contributed by atoms with E-state index in [1.54, 1.807) is 22.9 Å². The lowest BCUT2D eigenvalue weighted by Gasteiger charge is -2.31. The van der Waals surface area contributed by atoms with E-state index in [2.05, 4.69) is 15.6 Å². The van der Waals surface area contributed by atoms with Crippen LogP contribution in [0.3, 0.4) is 0 Å². The molecular formula is C24H28F4N3O2SSi. The van der Waals surface area contributed by atoms with Crippen molar-refractivity contribution in [2.24, 2.45) is 11.1 Å². The maximum atomic E-state index is 14.1. The summed E-state index contributed by atoms with van der Waals surface area (Å²) in [4.78, 5) is 25.9. The van der Waals surface area contributed by atoms with Crippen molar-refractivity contribution in [1.29, 1.82) is 0 Å². The number of amides is 2. The molecule has 3 radical (unpaired) electrons. The number of likely N-dealkylation sites (N-methyl/N-ethyl adjacent to an activating group) is 1. The SMILES string of the molecule is CN(C)[C@H](CNC(=O)C[C@H](c1ccsc1)C1(C(F)(F)F)CC1)[C@H]([Si])Cc1ccc(C(N)=O)c(F)c1. The van der Waals surface area contributed by atoms with E-state index >= 15 is 0 Å². The minimum atomic E-state index is -4.37. The molecule has 1 aromatic carbocycles. The van der Waals surface area contributed by atoms with Crippen LogP contribution >= 0.6 is 11.3 Å². The summed E-state index contributed by atoms with van der Waals surface area (Å²) in [6.45, 7) is 0.192. The maximum Gasteiger partial charge on any atom is 0.395 e. The Morgan fingerprint density at radius 2 is 1.94 bits per heavy atom. The number of primary amides is 1. The molecule has 3 atom stereocenters. The third kappa shape index (κ3) is 6.31. The Labute approximate surface area is 209 Å². The zero-order valence-corrected chi connectivity index (χ0v) is 21.3. The van der Waals surface area contributed by atoms with Crippen molar-refractivity contribution < 1.29 is 27.2 Å². The van der Waals surface area contributed by atoms with Gasteiger partial charge in [0.15, 0.2) is 0 Å². The lowest BCUT2D eigenvalue weighted by molar-refractivity contribution is -0.194. The standard InChI is InChI=1S/C24H28F4N3O2SSi/c1-31(2)19(20(35)10-14-3-4-16(22(29)33)18(25)9-14)12-30-21(32)11-17(15-5-8-34-13-15)23(6-7-23)24(26,27)28/h3-5,8-9,13,17,19-20H,6-7,10-12H2,1-2H3,(H2,29,33)(H,30,32)/t17-,19-,20-/m1/s1. The highest BCUT2D eigenvalue weighted by Gasteiger charge is 2.67. The van der Waals surface area contributed by atoms with Gasteiger partial charge in [-0.1, -0.05) is 6.07 Å². The first-order valence-corrected chi connectivity index (χ1v) is 12.7. The van der Waals surface area contributed by atoms with E-state index in [1.807, 2.05) is 19.0 Å². The number of nitrogens with two attached hydrogens (primary N) is 1. The molecule has 35 heavy (non-hydrogen) atoms. The number of nitrogens with zero attached hydrogens (tertiary/aromatic N) is 1. The Kier molecular flexibility index (Phi) is 8.43. The fourth-order valence-electron chi connectivity index (χ4n) is 4.51. The Balaban J connectivity index is 1.65. The number of alkyl halides is 3. The molecule has 3 N–H and O–H groups in total. The molecule has 1 aliphatic carbocycles. The zero-order valence-electron chi connectivity index (χ0n) is 19.5. The number of hydrogen-bond donors (Lipinski definition) is 2. The average molecular weight is 527 g/mol. The number of carbonyl (C=O) groups is 2. The van der Waals surface area contributed by atoms with Crippen LogP contribution in [0.1, 0.15) is 46.7 Å². The van der Waals surface area contributed by atoms with Crippen molar-refractivity contribution in [3.8, 4) is 0 Å². The van der Waals surface area contributed by atoms with Gasteiger partial charge in [-0.05, 0) is 79.0 Å². The predicted molar refractivity (Wildman–Crippen MR) is 128 cm³/mol. The summed E-state index contributed by atoms with van der Waals surface area (Å²) in [5.41, 5.74) is 4.06. The van der Waals surface area contributed by atoms with Crippen molar-refractivity contribution in [2.75, 3.05) is 20.6 Å². The highest BCUT2D eigenvalue weighted by atomic mass is 32.1. The molecular weight excluding hydrogens is 498 g/mol. The molecule has 1 aromatic heterocycles. The van der Waals surface area contributed by atoms with Gasteiger partial charge in [-0.25, -0.2) is 4.39 Å². The van der Waals surface area contributed by atoms with Gasteiger partial charge in [-0.15, -0.1) is 0 Å². The molecule has 0 spiro atoms. The van der Waals surface area contributed by atoms with Gasteiger partial charge in [0, 0.05) is 35.2 Å². The lowest BCUT2D eigenvalue weighted by Crippen LogP contribution is -2.44. The molecule has 0 aliphatic heterocycles. The second-order valence-electron chi connectivity index (χ2n) is 9.29. The van der Waals surface area contributed by atoms with Crippen LogP contribution in [0.4, 0.5) is 17.6 Å². The van der Waals surface area contributed by atoms with Crippen LogP contribution in [0.25, 0.3) is 0 Å². The molecule has 1 fully saturated rings. The third-order valence-corrected chi connectivity index (χ3v) is 8.04. The molecule has 5 nitrogen and oxygen atoms in total. The van der Waals surface area contributed by atoms with Gasteiger partial charge in [0.1, 0.15) is 5.82 Å². The van der Waals surface area contributed by atoms with E-state index in [0.29, 0.717) is 17.5 Å². The van der Waals surface area contributed by atoms with Gasteiger partial charge in [0.2, 0.25) is 5.91 Å². The Morgan fingerprint density at radius 3 is 2.43 bits per heavy atom. The molecule has 0 unspecified atom stereocenters. The lowest BCUT2D eigenvalue weighted by atomic mass is 9.81. The second-order valence-corrected chi connectivity index (χ2v) is 10.8. The Bertz CT molecular complexity index is 1040. The Hall–Kier alpha value is -2.24. The average Bonchev–Trinajstić information content (AvgIpc) is 3.39. The zero-order chi connectivity index (χ0) is 26.0. The van der Waals surface area contributed by atoms with Crippen molar-refractivity contribution in [3.05, 3.63) is 57.5 Å². The van der Waals surface area contributed by atoms with Crippen LogP contribution in [0.15, 0.2) is 35.0 Å². The van der Waals surface area contributed by atoms with Crippen LogP contribution in [0.5, 0.6) is 0 Å². The highest BCUT2D eigenvalue weighted by molar-refractivity contribution is 7.08. The number of halogens is 4. The molecule has 0 saturated heterocycles. The first kappa shape index (κ1) is 27.3. The van der Waals surface area contributed by atoms with Gasteiger partial charge in [0.05, 0.1) is 11.0 Å². The number of nitrogens with one attached hydrogen (secondary N) is 1. The molecule has 3 rings (SSSR count). The molecule has 2 amide bonds. The highest BCUT2D eigenvalue weighted by Crippen LogP contribution is 2.66. The van der Waals surface area contributed by atoms with Crippen LogP contribution in [0, 0.1) is 11.2 Å². The van der Waals surface area contributed by atoms with E-state index in [0.717, 1.165) is 0 Å². The van der Waals surface area contributed by atoms with Gasteiger partial charge in [-0.2, -0.15) is 24.5 Å². The van der Waals surface area contributed by atoms with Gasteiger partial charge < -0.3 is 16.0 Å². The van der Waals surface area contributed by atoms with E-state index < -0.39 is 35.1 Å². The normalized spacial score (nSPS) is 17.6. The number of hydrogen-bond acceptors (Lipinski definition) is 4. The summed E-state index contributed by atoms with van der Waals surface area (Å²) in [5, 5.41) is 6.21. The molecule has 1 aliphatic rings. The minimum absolute atomic E-state index is 0.0267. The summed E-state index contributed by atoms with van der Waals surface area (Å²) in [7, 11) is 7.30. The monoisotopic (exact) mass is 526 g/mol. The van der Waals surface area contributed by atoms with Crippen LogP contribution in [-0.4, -0.2) is 59.8 Å². The van der Waals surface area contributed by atoms with Crippen LogP contribution in [0.2, 0.25) is 5.54 Å². The summed E-state index contributed by atoms with van der Waals surface area (Å²) in [5.74, 6) is -2.92. The summed E-state index contributed by atoms with van der Waals surface area (Å²) in [6.07, 6.45) is -4.17. The molecule has 0 bridgehead atoms. The van der Waals surface area contributed by atoms with E-state index in [1.165, 1.54) is 23.5 Å². The molecule has 11 heteroatoms.